The number of benzene rings is 1. The van der Waals surface area contributed by atoms with E-state index in [0.717, 1.165) is 0 Å². The van der Waals surface area contributed by atoms with Crippen molar-refractivity contribution < 1.29 is 14.7 Å². The minimum Gasteiger partial charge on any atom is -0.392 e. The summed E-state index contributed by atoms with van der Waals surface area (Å²) in [5.74, 6) is -0.281. The van der Waals surface area contributed by atoms with Crippen molar-refractivity contribution in [2.24, 2.45) is 5.73 Å². The summed E-state index contributed by atoms with van der Waals surface area (Å²) in [5.41, 5.74) is 5.91. The van der Waals surface area contributed by atoms with Gasteiger partial charge in [0.15, 0.2) is 0 Å². The number of carbonyl (C=O) groups is 2. The zero-order valence-corrected chi connectivity index (χ0v) is 9.43. The minimum atomic E-state index is -0.656. The second-order valence-electron chi connectivity index (χ2n) is 3.63. The Labute approximate surface area is 98.8 Å². The maximum atomic E-state index is 11.5. The van der Waals surface area contributed by atoms with Crippen LogP contribution in [0.2, 0.25) is 0 Å². The maximum absolute atomic E-state index is 11.5. The van der Waals surface area contributed by atoms with Gasteiger partial charge in [-0.3, -0.25) is 4.79 Å². The van der Waals surface area contributed by atoms with Gasteiger partial charge in [-0.25, -0.2) is 4.79 Å². The average Bonchev–Trinajstić information content (AvgIpc) is 2.26. The van der Waals surface area contributed by atoms with Crippen molar-refractivity contribution in [2.75, 3.05) is 11.9 Å². The van der Waals surface area contributed by atoms with E-state index in [1.54, 1.807) is 31.2 Å². The number of hydrogen-bond donors (Lipinski definition) is 4. The molecule has 0 aliphatic rings. The Morgan fingerprint density at radius 2 is 1.94 bits per heavy atom. The highest BCUT2D eigenvalue weighted by atomic mass is 16.3. The van der Waals surface area contributed by atoms with Crippen LogP contribution in [0, 0.1) is 0 Å². The Morgan fingerprint density at radius 1 is 1.35 bits per heavy atom. The molecule has 0 radical (unpaired) electrons. The van der Waals surface area contributed by atoms with Crippen molar-refractivity contribution in [1.82, 2.24) is 5.32 Å². The molecule has 6 heteroatoms. The van der Waals surface area contributed by atoms with Crippen LogP contribution in [0.1, 0.15) is 17.3 Å². The molecule has 0 aliphatic heterocycles. The lowest BCUT2D eigenvalue weighted by atomic mass is 10.2. The summed E-state index contributed by atoms with van der Waals surface area (Å²) in [6, 6.07) is 5.60. The number of urea groups is 1. The number of aliphatic hydroxyl groups is 1. The molecule has 0 bridgehead atoms. The molecular weight excluding hydrogens is 222 g/mol. The first-order valence-corrected chi connectivity index (χ1v) is 5.12. The largest absolute Gasteiger partial charge is 0.392 e. The van der Waals surface area contributed by atoms with Crippen molar-refractivity contribution in [2.45, 2.75) is 13.0 Å². The van der Waals surface area contributed by atoms with Gasteiger partial charge in [-0.2, -0.15) is 0 Å². The molecule has 1 aromatic rings. The molecule has 0 saturated heterocycles. The number of rotatable bonds is 4. The summed E-state index contributed by atoms with van der Waals surface area (Å²) in [5, 5.41) is 14.0. The fourth-order valence-electron chi connectivity index (χ4n) is 1.19. The van der Waals surface area contributed by atoms with Crippen molar-refractivity contribution in [3.05, 3.63) is 29.8 Å². The number of anilines is 1. The van der Waals surface area contributed by atoms with Crippen molar-refractivity contribution in [1.29, 1.82) is 0 Å². The fourth-order valence-corrected chi connectivity index (χ4v) is 1.19. The van der Waals surface area contributed by atoms with Crippen LogP contribution in [0.4, 0.5) is 10.5 Å². The first-order chi connectivity index (χ1) is 7.99. The summed E-state index contributed by atoms with van der Waals surface area (Å²) in [4.78, 5) is 22.1. The molecular formula is C11H15N3O3. The van der Waals surface area contributed by atoms with Gasteiger partial charge in [0.1, 0.15) is 0 Å². The summed E-state index contributed by atoms with van der Waals surface area (Å²) in [6.45, 7) is 1.78. The third-order valence-corrected chi connectivity index (χ3v) is 1.97. The van der Waals surface area contributed by atoms with Crippen LogP contribution in [0.25, 0.3) is 0 Å². The minimum absolute atomic E-state index is 0.195. The van der Waals surface area contributed by atoms with Gasteiger partial charge in [0.2, 0.25) is 0 Å². The zero-order chi connectivity index (χ0) is 12.8. The van der Waals surface area contributed by atoms with E-state index in [-0.39, 0.29) is 12.5 Å². The number of nitrogens with one attached hydrogen (secondary N) is 2. The standard InChI is InChI=1S/C11H15N3O3/c1-7(15)6-13-10(16)8-2-4-9(5-3-8)14-11(12)17/h2-5,7,15H,6H2,1H3,(H,13,16)(H3,12,14,17). The van der Waals surface area contributed by atoms with Gasteiger partial charge in [-0.1, -0.05) is 0 Å². The summed E-state index contributed by atoms with van der Waals surface area (Å²) >= 11 is 0. The predicted molar refractivity (Wildman–Crippen MR) is 63.7 cm³/mol. The highest BCUT2D eigenvalue weighted by molar-refractivity contribution is 5.95. The normalized spacial score (nSPS) is 11.6. The number of aliphatic hydroxyl groups excluding tert-OH is 1. The predicted octanol–water partition coefficient (Wildman–Crippen LogP) is 0.288. The van der Waals surface area contributed by atoms with Gasteiger partial charge in [0.25, 0.3) is 5.91 Å². The second-order valence-corrected chi connectivity index (χ2v) is 3.63. The summed E-state index contributed by atoms with van der Waals surface area (Å²) < 4.78 is 0. The lowest BCUT2D eigenvalue weighted by molar-refractivity contribution is 0.0924. The van der Waals surface area contributed by atoms with Gasteiger partial charge in [-0.15, -0.1) is 0 Å². The van der Waals surface area contributed by atoms with Crippen LogP contribution < -0.4 is 16.4 Å². The third-order valence-electron chi connectivity index (χ3n) is 1.97. The van der Waals surface area contributed by atoms with Crippen LogP contribution in [-0.2, 0) is 0 Å². The molecule has 1 aromatic carbocycles. The number of nitrogens with two attached hydrogens (primary N) is 1. The van der Waals surface area contributed by atoms with Crippen molar-refractivity contribution in [3.8, 4) is 0 Å². The van der Waals surface area contributed by atoms with E-state index in [4.69, 9.17) is 10.8 Å². The van der Waals surface area contributed by atoms with E-state index in [1.807, 2.05) is 0 Å². The molecule has 0 spiro atoms. The fraction of sp³-hybridized carbons (Fsp3) is 0.273. The molecule has 5 N–H and O–H groups in total. The number of primary amides is 1. The number of carbonyl (C=O) groups excluding carboxylic acids is 2. The first kappa shape index (κ1) is 13.0. The Kier molecular flexibility index (Phi) is 4.47. The maximum Gasteiger partial charge on any atom is 0.316 e. The smallest absolute Gasteiger partial charge is 0.316 e. The quantitative estimate of drug-likeness (QED) is 0.604. The summed E-state index contributed by atoms with van der Waals surface area (Å²) in [6.07, 6.45) is -0.588. The monoisotopic (exact) mass is 237 g/mol. The third kappa shape index (κ3) is 4.52. The summed E-state index contributed by atoms with van der Waals surface area (Å²) in [7, 11) is 0. The molecule has 17 heavy (non-hydrogen) atoms. The topological polar surface area (TPSA) is 104 Å². The van der Waals surface area contributed by atoms with Crippen LogP contribution in [0.3, 0.4) is 0 Å². The molecule has 0 fully saturated rings. The van der Waals surface area contributed by atoms with Crippen LogP contribution >= 0.6 is 0 Å². The molecule has 0 aromatic heterocycles. The number of hydrogen-bond acceptors (Lipinski definition) is 3. The van der Waals surface area contributed by atoms with Crippen LogP contribution in [-0.4, -0.2) is 29.7 Å². The zero-order valence-electron chi connectivity index (χ0n) is 9.43. The molecule has 1 unspecified atom stereocenters. The van der Waals surface area contributed by atoms with Crippen molar-refractivity contribution >= 4 is 17.6 Å². The van der Waals surface area contributed by atoms with Gasteiger partial charge in [0.05, 0.1) is 6.10 Å². The van der Waals surface area contributed by atoms with Gasteiger partial charge >= 0.3 is 6.03 Å². The lowest BCUT2D eigenvalue weighted by Crippen LogP contribution is -2.30. The molecule has 0 saturated carbocycles. The number of amides is 3. The molecule has 1 rings (SSSR count). The van der Waals surface area contributed by atoms with E-state index < -0.39 is 12.1 Å². The second kappa shape index (κ2) is 5.86. The molecule has 92 valence electrons. The first-order valence-electron chi connectivity index (χ1n) is 5.12. The van der Waals surface area contributed by atoms with E-state index in [9.17, 15) is 9.59 Å². The van der Waals surface area contributed by atoms with Gasteiger partial charge in [0, 0.05) is 17.8 Å². The van der Waals surface area contributed by atoms with E-state index >= 15 is 0 Å². The molecule has 0 aliphatic carbocycles. The van der Waals surface area contributed by atoms with Gasteiger partial charge in [-0.05, 0) is 31.2 Å². The Morgan fingerprint density at radius 3 is 2.41 bits per heavy atom. The highest BCUT2D eigenvalue weighted by Gasteiger charge is 2.06. The highest BCUT2D eigenvalue weighted by Crippen LogP contribution is 2.09. The Hall–Kier alpha value is -2.08. The molecule has 6 nitrogen and oxygen atoms in total. The van der Waals surface area contributed by atoms with E-state index in [2.05, 4.69) is 10.6 Å². The van der Waals surface area contributed by atoms with Gasteiger partial charge < -0.3 is 21.5 Å². The Balaban J connectivity index is 2.60. The SMILES string of the molecule is CC(O)CNC(=O)c1ccc(NC(N)=O)cc1. The van der Waals surface area contributed by atoms with Crippen LogP contribution in [0.5, 0.6) is 0 Å². The van der Waals surface area contributed by atoms with E-state index in [0.29, 0.717) is 11.3 Å². The molecule has 1 atom stereocenters. The van der Waals surface area contributed by atoms with Crippen LogP contribution in [0.15, 0.2) is 24.3 Å². The Bertz CT molecular complexity index is 401. The van der Waals surface area contributed by atoms with E-state index in [1.165, 1.54) is 0 Å². The molecule has 0 heterocycles. The lowest BCUT2D eigenvalue weighted by Gasteiger charge is -2.07. The molecule has 3 amide bonds. The van der Waals surface area contributed by atoms with Crippen molar-refractivity contribution in [3.63, 3.8) is 0 Å². The average molecular weight is 237 g/mol.